The number of ether oxygens (including phenoxy) is 2. The number of rotatable bonds is 7. The Morgan fingerprint density at radius 1 is 1.04 bits per heavy atom. The molecule has 0 radical (unpaired) electrons. The largest absolute Gasteiger partial charge is 0.490 e. The van der Waals surface area contributed by atoms with Gasteiger partial charge in [0.15, 0.2) is 5.76 Å². The third-order valence-electron chi connectivity index (χ3n) is 8.84. The van der Waals surface area contributed by atoms with Crippen molar-refractivity contribution in [2.24, 2.45) is 0 Å². The molecule has 6 rings (SSSR count). The van der Waals surface area contributed by atoms with Crippen LogP contribution >= 0.6 is 0 Å². The number of fused-ring (bicyclic) bond motifs is 2. The highest BCUT2D eigenvalue weighted by Gasteiger charge is 2.39. The van der Waals surface area contributed by atoms with Crippen LogP contribution in [-0.2, 0) is 16.1 Å². The lowest BCUT2D eigenvalue weighted by Gasteiger charge is -2.42. The minimum Gasteiger partial charge on any atom is -0.490 e. The highest BCUT2D eigenvalue weighted by Crippen LogP contribution is 2.33. The minimum absolute atomic E-state index is 0.00929. The molecule has 2 aromatic carbocycles. The molecule has 2 saturated heterocycles. The van der Waals surface area contributed by atoms with Crippen molar-refractivity contribution in [1.29, 1.82) is 0 Å². The average molecular weight is 617 g/mol. The van der Waals surface area contributed by atoms with Gasteiger partial charge in [-0.05, 0) is 56.9 Å². The van der Waals surface area contributed by atoms with Crippen LogP contribution in [0.2, 0.25) is 0 Å². The fourth-order valence-corrected chi connectivity index (χ4v) is 6.47. The average Bonchev–Trinajstić information content (AvgIpc) is 3.60. The van der Waals surface area contributed by atoms with E-state index in [1.165, 1.54) is 5.56 Å². The number of carbonyl (C=O) groups is 3. The number of urea groups is 1. The summed E-state index contributed by atoms with van der Waals surface area (Å²) < 4.78 is 17.6. The van der Waals surface area contributed by atoms with Crippen LogP contribution in [0.1, 0.15) is 53.1 Å². The van der Waals surface area contributed by atoms with Crippen molar-refractivity contribution in [2.75, 3.05) is 37.4 Å². The summed E-state index contributed by atoms with van der Waals surface area (Å²) in [5, 5.41) is 12.5. The SMILES string of the molecule is Cc1noc(C)c1NC(=O)Nc1ccc2c(c1)C(=O)N(C)[C@@H]1CC[C@@H](CC(=O)N[C@H]3CCN(Cc4ccccc4)C3)O[C@H]1CO2. The molecule has 3 aromatic rings. The molecule has 45 heavy (non-hydrogen) atoms. The third kappa shape index (κ3) is 7.12. The molecule has 12 heteroatoms. The number of anilines is 2. The molecule has 4 atom stereocenters. The van der Waals surface area contributed by atoms with Crippen LogP contribution < -0.4 is 20.7 Å². The molecule has 3 aliphatic rings. The van der Waals surface area contributed by atoms with Gasteiger partial charge in [0.1, 0.15) is 29.8 Å². The summed E-state index contributed by atoms with van der Waals surface area (Å²) in [7, 11) is 1.76. The number of aryl methyl sites for hydroxylation is 2. The lowest BCUT2D eigenvalue weighted by atomic mass is 9.94. The van der Waals surface area contributed by atoms with Crippen LogP contribution in [0.3, 0.4) is 0 Å². The van der Waals surface area contributed by atoms with E-state index in [4.69, 9.17) is 14.0 Å². The quantitative estimate of drug-likeness (QED) is 0.361. The van der Waals surface area contributed by atoms with Gasteiger partial charge in [-0.1, -0.05) is 35.5 Å². The van der Waals surface area contributed by atoms with Gasteiger partial charge >= 0.3 is 6.03 Å². The maximum absolute atomic E-state index is 13.6. The second kappa shape index (κ2) is 13.3. The lowest BCUT2D eigenvalue weighted by molar-refractivity contribution is -0.134. The van der Waals surface area contributed by atoms with Crippen LogP contribution in [-0.4, -0.2) is 83.8 Å². The van der Waals surface area contributed by atoms with E-state index in [1.54, 1.807) is 44.0 Å². The summed E-state index contributed by atoms with van der Waals surface area (Å²) in [6, 6.07) is 14.8. The van der Waals surface area contributed by atoms with Gasteiger partial charge in [-0.2, -0.15) is 0 Å². The van der Waals surface area contributed by atoms with Crippen LogP contribution in [0.4, 0.5) is 16.2 Å². The van der Waals surface area contributed by atoms with E-state index in [0.717, 1.165) is 26.1 Å². The zero-order chi connectivity index (χ0) is 31.5. The van der Waals surface area contributed by atoms with Gasteiger partial charge in [-0.3, -0.25) is 14.5 Å². The number of carbonyl (C=O) groups excluding carboxylic acids is 3. The Balaban J connectivity index is 1.02. The summed E-state index contributed by atoms with van der Waals surface area (Å²) in [4.78, 5) is 43.3. The summed E-state index contributed by atoms with van der Waals surface area (Å²) in [5.41, 5.74) is 3.14. The molecule has 0 spiro atoms. The van der Waals surface area contributed by atoms with E-state index >= 15 is 0 Å². The highest BCUT2D eigenvalue weighted by atomic mass is 16.5. The fourth-order valence-electron chi connectivity index (χ4n) is 6.47. The first-order chi connectivity index (χ1) is 21.7. The van der Waals surface area contributed by atoms with E-state index < -0.39 is 6.03 Å². The number of benzene rings is 2. The number of likely N-dealkylation sites (N-methyl/N-ethyl adjacent to an activating group) is 1. The van der Waals surface area contributed by atoms with Crippen LogP contribution in [0.15, 0.2) is 53.1 Å². The van der Waals surface area contributed by atoms with Crippen molar-refractivity contribution < 1.29 is 28.4 Å². The summed E-state index contributed by atoms with van der Waals surface area (Å²) in [5.74, 6) is 0.671. The fraction of sp³-hybridized carbons (Fsp3) is 0.455. The van der Waals surface area contributed by atoms with E-state index in [9.17, 15) is 14.4 Å². The molecule has 1 aromatic heterocycles. The Labute approximate surface area is 262 Å². The molecule has 0 unspecified atom stereocenters. The van der Waals surface area contributed by atoms with Crippen LogP contribution in [0.25, 0.3) is 0 Å². The topological polar surface area (TPSA) is 138 Å². The molecule has 3 aliphatic heterocycles. The second-order valence-electron chi connectivity index (χ2n) is 12.1. The Morgan fingerprint density at radius 3 is 2.64 bits per heavy atom. The van der Waals surface area contributed by atoms with E-state index in [1.807, 2.05) is 18.2 Å². The lowest BCUT2D eigenvalue weighted by Crippen LogP contribution is -2.54. The second-order valence-corrected chi connectivity index (χ2v) is 12.1. The van der Waals surface area contributed by atoms with Crippen molar-refractivity contribution in [3.8, 4) is 5.75 Å². The normalized spacial score (nSPS) is 23.3. The number of amides is 4. The minimum atomic E-state index is -0.481. The number of nitrogens with zero attached hydrogens (tertiary/aromatic N) is 3. The third-order valence-corrected chi connectivity index (χ3v) is 8.84. The smallest absolute Gasteiger partial charge is 0.323 e. The predicted molar refractivity (Wildman–Crippen MR) is 167 cm³/mol. The molecule has 12 nitrogen and oxygen atoms in total. The monoisotopic (exact) mass is 616 g/mol. The molecular weight excluding hydrogens is 576 g/mol. The Kier molecular flexibility index (Phi) is 9.04. The van der Waals surface area contributed by atoms with Gasteiger partial charge in [0, 0.05) is 38.4 Å². The molecule has 0 aliphatic carbocycles. The zero-order valence-electron chi connectivity index (χ0n) is 25.9. The van der Waals surface area contributed by atoms with Gasteiger partial charge < -0.3 is 34.8 Å². The van der Waals surface area contributed by atoms with Gasteiger partial charge in [-0.15, -0.1) is 0 Å². The maximum Gasteiger partial charge on any atom is 0.323 e. The van der Waals surface area contributed by atoms with Gasteiger partial charge in [0.05, 0.1) is 24.1 Å². The summed E-state index contributed by atoms with van der Waals surface area (Å²) in [6.45, 7) is 6.36. The van der Waals surface area contributed by atoms with Gasteiger partial charge in [-0.25, -0.2) is 4.79 Å². The summed E-state index contributed by atoms with van der Waals surface area (Å²) in [6.07, 6.45) is 1.94. The molecule has 4 heterocycles. The highest BCUT2D eigenvalue weighted by molar-refractivity contribution is 6.03. The summed E-state index contributed by atoms with van der Waals surface area (Å²) >= 11 is 0. The first kappa shape index (κ1) is 30.6. The molecule has 0 saturated carbocycles. The molecular formula is C33H40N6O6. The number of hydrogen-bond donors (Lipinski definition) is 3. The molecule has 2 fully saturated rings. The van der Waals surface area contributed by atoms with Crippen LogP contribution in [0, 0.1) is 13.8 Å². The molecule has 3 N–H and O–H groups in total. The van der Waals surface area contributed by atoms with E-state index in [-0.39, 0.29) is 49.1 Å². The molecule has 0 bridgehead atoms. The number of aromatic nitrogens is 1. The Hall–Kier alpha value is -4.42. The van der Waals surface area contributed by atoms with Gasteiger partial charge in [0.25, 0.3) is 5.91 Å². The van der Waals surface area contributed by atoms with Crippen molar-refractivity contribution in [1.82, 2.24) is 20.3 Å². The predicted octanol–water partition coefficient (Wildman–Crippen LogP) is 4.10. The first-order valence-corrected chi connectivity index (χ1v) is 15.5. The van der Waals surface area contributed by atoms with Crippen molar-refractivity contribution in [3.63, 3.8) is 0 Å². The molecule has 4 amide bonds. The maximum atomic E-state index is 13.6. The standard InChI is InChI=1S/C33H40N6O6/c1-20-31(21(2)45-37-20)36-33(42)35-23-9-12-28-26(15-23)32(41)38(3)27-11-10-25(44-29(27)19-43-28)16-30(40)34-24-13-14-39(18-24)17-22-7-5-4-6-8-22/h4-9,12,15,24-25,27,29H,10-11,13-14,16-19H2,1-3H3,(H,34,40)(H2,35,36,42)/t24-,25-,27+,29-/m0/s1. The number of nitrogens with one attached hydrogen (secondary N) is 3. The first-order valence-electron chi connectivity index (χ1n) is 15.5. The van der Waals surface area contributed by atoms with Gasteiger partial charge in [0.2, 0.25) is 5.91 Å². The number of hydrogen-bond acceptors (Lipinski definition) is 8. The van der Waals surface area contributed by atoms with Crippen LogP contribution in [0.5, 0.6) is 5.75 Å². The van der Waals surface area contributed by atoms with Crippen molar-refractivity contribution >= 4 is 29.2 Å². The van der Waals surface area contributed by atoms with Crippen molar-refractivity contribution in [2.45, 2.75) is 70.4 Å². The molecule has 238 valence electrons. The Bertz CT molecular complexity index is 1520. The number of likely N-dealkylation sites (tertiary alicyclic amines) is 1. The van der Waals surface area contributed by atoms with E-state index in [2.05, 4.69) is 38.1 Å². The van der Waals surface area contributed by atoms with E-state index in [0.29, 0.717) is 47.0 Å². The zero-order valence-corrected chi connectivity index (χ0v) is 25.9. The Morgan fingerprint density at radius 2 is 1.87 bits per heavy atom. The van der Waals surface area contributed by atoms with Crippen molar-refractivity contribution in [3.05, 3.63) is 71.1 Å².